The first kappa shape index (κ1) is 19.3. The molecule has 24 heavy (non-hydrogen) atoms. The molecule has 3 aromatic carbocycles. The molecule has 0 unspecified atom stereocenters. The van der Waals surface area contributed by atoms with Crippen LogP contribution >= 0.6 is 0 Å². The Bertz CT molecular complexity index is 814. The summed E-state index contributed by atoms with van der Waals surface area (Å²) in [7, 11) is 0. The van der Waals surface area contributed by atoms with E-state index in [-0.39, 0.29) is 31.6 Å². The van der Waals surface area contributed by atoms with Gasteiger partial charge in [0, 0.05) is 26.2 Å². The summed E-state index contributed by atoms with van der Waals surface area (Å²) >= 11 is 0. The summed E-state index contributed by atoms with van der Waals surface area (Å²) in [6.07, 6.45) is 2.36. The number of aryl methyl sites for hydroxylation is 2. The van der Waals surface area contributed by atoms with Crippen LogP contribution < -0.4 is 0 Å². The molecule has 0 aromatic heterocycles. The van der Waals surface area contributed by atoms with Crippen molar-refractivity contribution in [3.63, 3.8) is 0 Å². The van der Waals surface area contributed by atoms with Crippen LogP contribution in [0.25, 0.3) is 21.9 Å². The SMILES string of the molecule is CCCc1ccc(-c2cccc3[cH-]c(C(C)(C)C)c(C)c23)cc1.[Zr]. The topological polar surface area (TPSA) is 0 Å². The van der Waals surface area contributed by atoms with Gasteiger partial charge in [-0.2, -0.15) is 5.56 Å². The van der Waals surface area contributed by atoms with Crippen LogP contribution in [-0.4, -0.2) is 0 Å². The molecule has 0 N–H and O–H groups in total. The Hall–Kier alpha value is -1.07. The zero-order valence-corrected chi connectivity index (χ0v) is 18.0. The molecule has 124 valence electrons. The van der Waals surface area contributed by atoms with Gasteiger partial charge in [-0.1, -0.05) is 76.9 Å². The van der Waals surface area contributed by atoms with E-state index in [2.05, 4.69) is 83.1 Å². The van der Waals surface area contributed by atoms with Gasteiger partial charge >= 0.3 is 0 Å². The van der Waals surface area contributed by atoms with Crippen molar-refractivity contribution in [1.82, 2.24) is 0 Å². The van der Waals surface area contributed by atoms with Crippen LogP contribution in [-0.2, 0) is 38.0 Å². The Morgan fingerprint density at radius 2 is 1.62 bits per heavy atom. The van der Waals surface area contributed by atoms with Crippen LogP contribution in [0.4, 0.5) is 0 Å². The summed E-state index contributed by atoms with van der Waals surface area (Å²) < 4.78 is 0. The van der Waals surface area contributed by atoms with Crippen molar-refractivity contribution >= 4 is 10.8 Å². The third kappa shape index (κ3) is 3.62. The van der Waals surface area contributed by atoms with E-state index in [9.17, 15) is 0 Å². The van der Waals surface area contributed by atoms with Gasteiger partial charge in [-0.15, -0.1) is 34.5 Å². The van der Waals surface area contributed by atoms with Crippen molar-refractivity contribution in [3.8, 4) is 11.1 Å². The van der Waals surface area contributed by atoms with E-state index in [0.29, 0.717) is 0 Å². The maximum absolute atomic E-state index is 2.37. The molecule has 0 amide bonds. The predicted molar refractivity (Wildman–Crippen MR) is 102 cm³/mol. The maximum atomic E-state index is 2.37. The van der Waals surface area contributed by atoms with Gasteiger partial charge in [-0.05, 0) is 23.0 Å². The zero-order chi connectivity index (χ0) is 16.6. The van der Waals surface area contributed by atoms with Gasteiger partial charge in [0.05, 0.1) is 0 Å². The van der Waals surface area contributed by atoms with Gasteiger partial charge in [0.2, 0.25) is 0 Å². The average molecular weight is 395 g/mol. The van der Waals surface area contributed by atoms with Crippen LogP contribution in [0.1, 0.15) is 50.8 Å². The van der Waals surface area contributed by atoms with E-state index in [1.54, 1.807) is 0 Å². The van der Waals surface area contributed by atoms with E-state index in [1.807, 2.05) is 0 Å². The van der Waals surface area contributed by atoms with Crippen LogP contribution in [0.3, 0.4) is 0 Å². The van der Waals surface area contributed by atoms with E-state index >= 15 is 0 Å². The van der Waals surface area contributed by atoms with Crippen molar-refractivity contribution in [3.05, 3.63) is 65.2 Å². The number of hydrogen-bond donors (Lipinski definition) is 0. The second-order valence-electron chi connectivity index (χ2n) is 7.65. The van der Waals surface area contributed by atoms with Gasteiger partial charge in [-0.25, -0.2) is 0 Å². The number of fused-ring (bicyclic) bond motifs is 1. The standard InChI is InChI=1S/C23H27.Zr/c1-6-8-17-11-13-18(14-12-17)20-10-7-9-19-15-21(23(3,4)5)16(2)22(19)20;/h7,9-15H,6,8H2,1-5H3;/q-1;. The summed E-state index contributed by atoms with van der Waals surface area (Å²) in [5, 5.41) is 2.78. The predicted octanol–water partition coefficient (Wildman–Crippen LogP) is 6.78. The molecule has 0 aliphatic carbocycles. The molecule has 0 aliphatic heterocycles. The number of benzene rings is 2. The smallest absolute Gasteiger partial charge is 0 e. The van der Waals surface area contributed by atoms with Crippen LogP contribution in [0, 0.1) is 6.92 Å². The molecule has 0 spiro atoms. The Labute approximate surface area is 165 Å². The summed E-state index contributed by atoms with van der Waals surface area (Å²) in [6, 6.07) is 18.2. The first-order chi connectivity index (χ1) is 10.9. The molecule has 1 heteroatoms. The summed E-state index contributed by atoms with van der Waals surface area (Å²) in [6.45, 7) is 11.4. The van der Waals surface area contributed by atoms with Gasteiger partial charge in [-0.3, -0.25) is 0 Å². The second kappa shape index (κ2) is 7.44. The van der Waals surface area contributed by atoms with Gasteiger partial charge in [0.25, 0.3) is 0 Å². The molecule has 0 heterocycles. The van der Waals surface area contributed by atoms with E-state index in [4.69, 9.17) is 0 Å². The van der Waals surface area contributed by atoms with Crippen LogP contribution in [0.2, 0.25) is 0 Å². The molecule has 0 fully saturated rings. The molecule has 0 saturated heterocycles. The van der Waals surface area contributed by atoms with Gasteiger partial charge < -0.3 is 0 Å². The van der Waals surface area contributed by atoms with Crippen molar-refractivity contribution in [1.29, 1.82) is 0 Å². The summed E-state index contributed by atoms with van der Waals surface area (Å²) in [4.78, 5) is 0. The normalized spacial score (nSPS) is 11.5. The maximum Gasteiger partial charge on any atom is 0 e. The minimum Gasteiger partial charge on any atom is -0.152 e. The fourth-order valence-electron chi connectivity index (χ4n) is 3.67. The zero-order valence-electron chi connectivity index (χ0n) is 15.5. The summed E-state index contributed by atoms with van der Waals surface area (Å²) in [5.74, 6) is 0. The van der Waals surface area contributed by atoms with E-state index < -0.39 is 0 Å². The first-order valence-corrected chi connectivity index (χ1v) is 8.70. The fraction of sp³-hybridized carbons (Fsp3) is 0.348. The average Bonchev–Trinajstić information content (AvgIpc) is 2.86. The first-order valence-electron chi connectivity index (χ1n) is 8.70. The van der Waals surface area contributed by atoms with Crippen molar-refractivity contribution in [2.24, 2.45) is 0 Å². The summed E-state index contributed by atoms with van der Waals surface area (Å²) in [5.41, 5.74) is 7.19. The van der Waals surface area contributed by atoms with Gasteiger partial charge in [0.1, 0.15) is 0 Å². The fourth-order valence-corrected chi connectivity index (χ4v) is 3.67. The Morgan fingerprint density at radius 1 is 0.958 bits per heavy atom. The van der Waals surface area contributed by atoms with Gasteiger partial charge in [0.15, 0.2) is 0 Å². The van der Waals surface area contributed by atoms with Crippen molar-refractivity contribution in [2.75, 3.05) is 0 Å². The molecule has 0 bridgehead atoms. The van der Waals surface area contributed by atoms with Crippen molar-refractivity contribution < 1.29 is 26.2 Å². The van der Waals surface area contributed by atoms with Crippen LogP contribution in [0.5, 0.6) is 0 Å². The quantitative estimate of drug-likeness (QED) is 0.429. The molecular weight excluding hydrogens is 367 g/mol. The van der Waals surface area contributed by atoms with Crippen LogP contribution in [0.15, 0.2) is 48.5 Å². The molecule has 3 aromatic rings. The third-order valence-corrected chi connectivity index (χ3v) is 4.79. The molecular formula is C23H27Zr-. The second-order valence-corrected chi connectivity index (χ2v) is 7.65. The third-order valence-electron chi connectivity index (χ3n) is 4.79. The van der Waals surface area contributed by atoms with E-state index in [1.165, 1.54) is 45.0 Å². The van der Waals surface area contributed by atoms with Crippen molar-refractivity contribution in [2.45, 2.75) is 52.9 Å². The number of rotatable bonds is 3. The molecule has 0 aliphatic rings. The monoisotopic (exact) mass is 393 g/mol. The molecule has 3 rings (SSSR count). The Kier molecular flexibility index (Phi) is 5.97. The van der Waals surface area contributed by atoms with E-state index in [0.717, 1.165) is 6.42 Å². The Balaban J connectivity index is 0.00000208. The molecule has 0 nitrogen and oxygen atoms in total. The minimum atomic E-state index is 0. The molecule has 0 atom stereocenters. The number of hydrogen-bond acceptors (Lipinski definition) is 0. The minimum absolute atomic E-state index is 0. The molecule has 0 radical (unpaired) electrons. The Morgan fingerprint density at radius 3 is 2.21 bits per heavy atom. The largest absolute Gasteiger partial charge is 0.152 e. The molecule has 0 saturated carbocycles.